The summed E-state index contributed by atoms with van der Waals surface area (Å²) in [6, 6.07) is 5.61. The van der Waals surface area contributed by atoms with E-state index < -0.39 is 0 Å². The maximum Gasteiger partial charge on any atom is 0.0718 e. The van der Waals surface area contributed by atoms with Gasteiger partial charge in [-0.2, -0.15) is 0 Å². The molecule has 0 bridgehead atoms. The van der Waals surface area contributed by atoms with Crippen LogP contribution in [0.4, 0.5) is 11.4 Å². The van der Waals surface area contributed by atoms with Crippen LogP contribution in [-0.2, 0) is 11.3 Å². The molecule has 0 saturated carbocycles. The van der Waals surface area contributed by atoms with E-state index in [0.29, 0.717) is 18.0 Å². The van der Waals surface area contributed by atoms with E-state index in [2.05, 4.69) is 6.92 Å². The molecule has 0 spiro atoms. The second-order valence-electron chi connectivity index (χ2n) is 5.54. The molecule has 1 aromatic carbocycles. The molecule has 0 unspecified atom stereocenters. The number of rotatable bonds is 11. The predicted molar refractivity (Wildman–Crippen MR) is 87.5 cm³/mol. The van der Waals surface area contributed by atoms with Gasteiger partial charge < -0.3 is 16.2 Å². The number of benzene rings is 1. The Morgan fingerprint density at radius 2 is 1.35 bits per heavy atom. The predicted octanol–water partition coefficient (Wildman–Crippen LogP) is 4.51. The summed E-state index contributed by atoms with van der Waals surface area (Å²) in [5.74, 6) is 0. The number of unbranched alkanes of at least 4 members (excludes halogenated alkanes) is 7. The number of anilines is 2. The van der Waals surface area contributed by atoms with Crippen LogP contribution in [-0.4, -0.2) is 6.61 Å². The van der Waals surface area contributed by atoms with E-state index in [1.807, 2.05) is 12.1 Å². The van der Waals surface area contributed by atoms with Crippen LogP contribution in [0, 0.1) is 0 Å². The van der Waals surface area contributed by atoms with E-state index in [1.165, 1.54) is 44.9 Å². The zero-order chi connectivity index (χ0) is 14.6. The molecule has 0 atom stereocenters. The Morgan fingerprint density at radius 1 is 0.800 bits per heavy atom. The first kappa shape index (κ1) is 16.8. The van der Waals surface area contributed by atoms with Crippen molar-refractivity contribution in [2.75, 3.05) is 18.1 Å². The van der Waals surface area contributed by atoms with Gasteiger partial charge in [0, 0.05) is 18.0 Å². The number of hydrogen-bond acceptors (Lipinski definition) is 3. The van der Waals surface area contributed by atoms with Crippen LogP contribution >= 0.6 is 0 Å². The highest BCUT2D eigenvalue weighted by atomic mass is 16.5. The standard InChI is InChI=1S/C17H30N2O/c1-2-3-4-5-6-7-8-9-10-20-14-15-11-16(18)13-17(19)12-15/h11-13H,2-10,14,18-19H2,1H3. The van der Waals surface area contributed by atoms with Gasteiger partial charge in [-0.25, -0.2) is 0 Å². The molecule has 0 amide bonds. The minimum atomic E-state index is 0.603. The molecule has 0 aliphatic carbocycles. The molecule has 114 valence electrons. The molecule has 20 heavy (non-hydrogen) atoms. The third kappa shape index (κ3) is 8.05. The fraction of sp³-hybridized carbons (Fsp3) is 0.647. The molecule has 1 aromatic rings. The van der Waals surface area contributed by atoms with Gasteiger partial charge in [-0.15, -0.1) is 0 Å². The van der Waals surface area contributed by atoms with E-state index >= 15 is 0 Å². The molecule has 0 fully saturated rings. The minimum absolute atomic E-state index is 0.603. The van der Waals surface area contributed by atoms with Crippen molar-refractivity contribution in [3.8, 4) is 0 Å². The first-order valence-corrected chi connectivity index (χ1v) is 7.95. The third-order valence-electron chi connectivity index (χ3n) is 3.45. The Balaban J connectivity index is 1.97. The highest BCUT2D eigenvalue weighted by molar-refractivity contribution is 5.54. The first-order valence-electron chi connectivity index (χ1n) is 7.95. The molecule has 0 saturated heterocycles. The number of hydrogen-bond donors (Lipinski definition) is 2. The van der Waals surface area contributed by atoms with E-state index in [4.69, 9.17) is 16.2 Å². The van der Waals surface area contributed by atoms with E-state index in [-0.39, 0.29) is 0 Å². The summed E-state index contributed by atoms with van der Waals surface area (Å²) in [6.07, 6.45) is 10.6. The average molecular weight is 278 g/mol. The van der Waals surface area contributed by atoms with Gasteiger partial charge in [-0.1, -0.05) is 51.9 Å². The molecule has 1 rings (SSSR count). The van der Waals surface area contributed by atoms with E-state index in [1.54, 1.807) is 6.07 Å². The quantitative estimate of drug-likeness (QED) is 0.462. The van der Waals surface area contributed by atoms with E-state index in [9.17, 15) is 0 Å². The topological polar surface area (TPSA) is 61.3 Å². The summed E-state index contributed by atoms with van der Waals surface area (Å²) in [5, 5.41) is 0. The van der Waals surface area contributed by atoms with Crippen molar-refractivity contribution in [1.82, 2.24) is 0 Å². The Labute approximate surface area is 123 Å². The lowest BCUT2D eigenvalue weighted by Gasteiger charge is -2.06. The summed E-state index contributed by atoms with van der Waals surface area (Å²) in [7, 11) is 0. The normalized spacial score (nSPS) is 10.8. The second-order valence-corrected chi connectivity index (χ2v) is 5.54. The summed E-state index contributed by atoms with van der Waals surface area (Å²) >= 11 is 0. The lowest BCUT2D eigenvalue weighted by molar-refractivity contribution is 0.117. The second kappa shape index (κ2) is 10.6. The van der Waals surface area contributed by atoms with Gasteiger partial charge in [-0.3, -0.25) is 0 Å². The van der Waals surface area contributed by atoms with Gasteiger partial charge in [0.15, 0.2) is 0 Å². The molecule has 0 heterocycles. The SMILES string of the molecule is CCCCCCCCCCOCc1cc(N)cc(N)c1. The third-order valence-corrected chi connectivity index (χ3v) is 3.45. The maximum absolute atomic E-state index is 5.74. The maximum atomic E-state index is 5.74. The van der Waals surface area contributed by atoms with Gasteiger partial charge in [0.2, 0.25) is 0 Å². The Kier molecular flexibility index (Phi) is 8.88. The highest BCUT2D eigenvalue weighted by Gasteiger charge is 1.97. The van der Waals surface area contributed by atoms with Gasteiger partial charge in [-0.05, 0) is 30.2 Å². The van der Waals surface area contributed by atoms with Crippen LogP contribution in [0.2, 0.25) is 0 Å². The Hall–Kier alpha value is -1.22. The summed E-state index contributed by atoms with van der Waals surface area (Å²) in [4.78, 5) is 0. The zero-order valence-electron chi connectivity index (χ0n) is 12.9. The molecule has 0 aliphatic rings. The minimum Gasteiger partial charge on any atom is -0.399 e. The molecule has 0 aromatic heterocycles. The number of nitrogen functional groups attached to an aromatic ring is 2. The molecule has 0 aliphatic heterocycles. The average Bonchev–Trinajstić information content (AvgIpc) is 2.40. The summed E-state index contributed by atoms with van der Waals surface area (Å²) in [6.45, 7) is 3.68. The van der Waals surface area contributed by atoms with Crippen molar-refractivity contribution in [3.63, 3.8) is 0 Å². The summed E-state index contributed by atoms with van der Waals surface area (Å²) in [5.41, 5.74) is 14.0. The van der Waals surface area contributed by atoms with Gasteiger partial charge in [0.25, 0.3) is 0 Å². The zero-order valence-corrected chi connectivity index (χ0v) is 12.9. The smallest absolute Gasteiger partial charge is 0.0718 e. The van der Waals surface area contributed by atoms with Crippen molar-refractivity contribution >= 4 is 11.4 Å². The van der Waals surface area contributed by atoms with Crippen molar-refractivity contribution in [2.45, 2.75) is 64.9 Å². The van der Waals surface area contributed by atoms with Crippen LogP contribution < -0.4 is 11.5 Å². The Bertz CT molecular complexity index is 346. The Morgan fingerprint density at radius 3 is 1.95 bits per heavy atom. The fourth-order valence-corrected chi connectivity index (χ4v) is 2.36. The monoisotopic (exact) mass is 278 g/mol. The van der Waals surface area contributed by atoms with E-state index in [0.717, 1.165) is 18.6 Å². The largest absolute Gasteiger partial charge is 0.399 e. The van der Waals surface area contributed by atoms with Crippen molar-refractivity contribution in [3.05, 3.63) is 23.8 Å². The lowest BCUT2D eigenvalue weighted by atomic mass is 10.1. The molecule has 3 heteroatoms. The van der Waals surface area contributed by atoms with Crippen molar-refractivity contribution < 1.29 is 4.74 Å². The van der Waals surface area contributed by atoms with Gasteiger partial charge in [0.1, 0.15) is 0 Å². The first-order chi connectivity index (χ1) is 9.72. The fourth-order valence-electron chi connectivity index (χ4n) is 2.36. The van der Waals surface area contributed by atoms with Crippen molar-refractivity contribution in [2.24, 2.45) is 0 Å². The number of nitrogens with two attached hydrogens (primary N) is 2. The molecular formula is C17H30N2O. The van der Waals surface area contributed by atoms with Crippen molar-refractivity contribution in [1.29, 1.82) is 0 Å². The molecule has 4 N–H and O–H groups in total. The van der Waals surface area contributed by atoms with Crippen LogP contribution in [0.25, 0.3) is 0 Å². The number of ether oxygens (including phenoxy) is 1. The summed E-state index contributed by atoms with van der Waals surface area (Å²) < 4.78 is 5.66. The molecular weight excluding hydrogens is 248 g/mol. The van der Waals surface area contributed by atoms with Crippen LogP contribution in [0.3, 0.4) is 0 Å². The van der Waals surface area contributed by atoms with Crippen LogP contribution in [0.1, 0.15) is 63.9 Å². The van der Waals surface area contributed by atoms with Gasteiger partial charge >= 0.3 is 0 Å². The molecule has 0 radical (unpaired) electrons. The van der Waals surface area contributed by atoms with Crippen LogP contribution in [0.15, 0.2) is 18.2 Å². The van der Waals surface area contributed by atoms with Gasteiger partial charge in [0.05, 0.1) is 6.61 Å². The van der Waals surface area contributed by atoms with Crippen LogP contribution in [0.5, 0.6) is 0 Å². The molecule has 3 nitrogen and oxygen atoms in total. The lowest BCUT2D eigenvalue weighted by Crippen LogP contribution is -1.98. The highest BCUT2D eigenvalue weighted by Crippen LogP contribution is 2.14.